The zero-order chi connectivity index (χ0) is 10.4. The fraction of sp³-hybridized carbons (Fsp3) is 0.250. The fourth-order valence-corrected chi connectivity index (χ4v) is 1.13. The molecule has 0 amide bonds. The van der Waals surface area contributed by atoms with Gasteiger partial charge in [-0.15, -0.1) is 0 Å². The van der Waals surface area contributed by atoms with Crippen molar-refractivity contribution in [2.75, 3.05) is 24.2 Å². The van der Waals surface area contributed by atoms with Crippen LogP contribution in [0.2, 0.25) is 0 Å². The van der Waals surface area contributed by atoms with Gasteiger partial charge in [-0.05, 0) is 24.3 Å². The Morgan fingerprint density at radius 3 is 2.64 bits per heavy atom. The smallest absolute Gasteiger partial charge is 0.0842 e. The predicted octanol–water partition coefficient (Wildman–Crippen LogP) is 0.491. The number of rotatable bonds is 5. The molecule has 1 unspecified atom stereocenters. The van der Waals surface area contributed by atoms with Crippen molar-refractivity contribution in [3.63, 3.8) is 0 Å². The molecule has 78 valence electrons. The predicted molar refractivity (Wildman–Crippen MR) is 54.2 cm³/mol. The van der Waals surface area contributed by atoms with Crippen LogP contribution < -0.4 is 11.1 Å². The second-order valence-corrected chi connectivity index (χ2v) is 3.22. The van der Waals surface area contributed by atoms with Gasteiger partial charge in [0.2, 0.25) is 0 Å². The van der Waals surface area contributed by atoms with Crippen LogP contribution in [-0.4, -0.2) is 21.9 Å². The van der Waals surface area contributed by atoms with Gasteiger partial charge in [0.15, 0.2) is 0 Å². The Morgan fingerprint density at radius 1 is 1.43 bits per heavy atom. The van der Waals surface area contributed by atoms with Crippen LogP contribution in [0.5, 0.6) is 0 Å². The van der Waals surface area contributed by atoms with E-state index in [9.17, 15) is 8.76 Å². The number of nitrogens with two attached hydrogens (primary N) is 1. The van der Waals surface area contributed by atoms with E-state index in [1.165, 1.54) is 0 Å². The number of nitrogens with one attached hydrogen (secondary N) is 1. The molecule has 0 aliphatic rings. The average molecular weight is 215 g/mol. The third-order valence-corrected chi connectivity index (χ3v) is 1.88. The van der Waals surface area contributed by atoms with Crippen molar-refractivity contribution in [2.45, 2.75) is 0 Å². The summed E-state index contributed by atoms with van der Waals surface area (Å²) in [6.07, 6.45) is 0. The van der Waals surface area contributed by atoms with Gasteiger partial charge in [0.05, 0.1) is 18.0 Å². The largest absolute Gasteiger partial charge is 0.750 e. The number of hydrogen-bond donors (Lipinski definition) is 2. The summed E-state index contributed by atoms with van der Waals surface area (Å²) in [6.45, 7) is 0.540. The van der Waals surface area contributed by atoms with Crippen LogP contribution in [0.3, 0.4) is 0 Å². The number of anilines is 2. The molecule has 0 spiro atoms. The maximum Gasteiger partial charge on any atom is 0.0842 e. The number of benzene rings is 1. The van der Waals surface area contributed by atoms with E-state index in [0.29, 0.717) is 12.2 Å². The van der Waals surface area contributed by atoms with Crippen molar-refractivity contribution >= 4 is 22.7 Å². The fourth-order valence-electron chi connectivity index (χ4n) is 0.906. The maximum atomic E-state index is 9.99. The van der Waals surface area contributed by atoms with Crippen LogP contribution in [0.4, 0.5) is 11.4 Å². The zero-order valence-corrected chi connectivity index (χ0v) is 8.25. The minimum absolute atomic E-state index is 0.112. The monoisotopic (exact) mass is 215 g/mol. The first-order chi connectivity index (χ1) is 6.68. The average Bonchev–Trinajstić information content (AvgIpc) is 2.15. The van der Waals surface area contributed by atoms with Crippen LogP contribution in [-0.2, 0) is 15.5 Å². The first kappa shape index (κ1) is 11.0. The highest BCUT2D eigenvalue weighted by Crippen LogP contribution is 2.09. The Bertz CT molecular complexity index is 302. The van der Waals surface area contributed by atoms with E-state index in [4.69, 9.17) is 5.73 Å². The molecule has 1 aromatic carbocycles. The van der Waals surface area contributed by atoms with Gasteiger partial charge in [-0.25, -0.2) is 4.21 Å². The van der Waals surface area contributed by atoms with Gasteiger partial charge in [-0.2, -0.15) is 0 Å². The van der Waals surface area contributed by atoms with Gasteiger partial charge in [0, 0.05) is 17.9 Å². The van der Waals surface area contributed by atoms with Gasteiger partial charge in [0.1, 0.15) is 0 Å². The Labute approximate surface area is 84.8 Å². The van der Waals surface area contributed by atoms with Crippen LogP contribution in [0, 0.1) is 0 Å². The van der Waals surface area contributed by atoms with Crippen molar-refractivity contribution < 1.29 is 12.9 Å². The highest BCUT2D eigenvalue weighted by Gasteiger charge is 1.91. The zero-order valence-electron chi connectivity index (χ0n) is 7.43. The minimum atomic E-state index is -2.44. The molecule has 0 aromatic heterocycles. The quantitative estimate of drug-likeness (QED) is 0.424. The molecule has 14 heavy (non-hydrogen) atoms. The third kappa shape index (κ3) is 4.22. The molecule has 0 heterocycles. The molecule has 6 heteroatoms. The number of nitrogen functional groups attached to an aromatic ring is 1. The summed E-state index contributed by atoms with van der Waals surface area (Å²) in [4.78, 5) is 0. The summed E-state index contributed by atoms with van der Waals surface area (Å²) in [5.41, 5.74) is 7.05. The first-order valence-corrected chi connectivity index (χ1v) is 5.00. The Balaban J connectivity index is 2.25. The summed E-state index contributed by atoms with van der Waals surface area (Å²) in [5, 5.41) is 2.97. The lowest BCUT2D eigenvalue weighted by molar-refractivity contribution is 0.312. The molecule has 0 saturated carbocycles. The molecule has 0 aliphatic heterocycles. The van der Waals surface area contributed by atoms with Crippen molar-refractivity contribution in [3.05, 3.63) is 24.3 Å². The lowest BCUT2D eigenvalue weighted by atomic mass is 10.3. The Hall–Kier alpha value is -1.11. The molecule has 1 atom stereocenters. The van der Waals surface area contributed by atoms with Crippen molar-refractivity contribution in [1.29, 1.82) is 0 Å². The van der Waals surface area contributed by atoms with E-state index in [0.717, 1.165) is 5.69 Å². The third-order valence-electron chi connectivity index (χ3n) is 1.52. The lowest BCUT2D eigenvalue weighted by Gasteiger charge is -2.08. The molecular formula is C8H11N2O3S-. The Kier molecular flexibility index (Phi) is 4.37. The molecule has 5 nitrogen and oxygen atoms in total. The molecule has 0 saturated heterocycles. The van der Waals surface area contributed by atoms with Crippen LogP contribution in [0.25, 0.3) is 0 Å². The first-order valence-electron chi connectivity index (χ1n) is 4.00. The highest BCUT2D eigenvalue weighted by molar-refractivity contribution is 7.74. The second-order valence-electron chi connectivity index (χ2n) is 2.57. The van der Waals surface area contributed by atoms with E-state index in [2.05, 4.69) is 9.50 Å². The topological polar surface area (TPSA) is 87.4 Å². The highest BCUT2D eigenvalue weighted by atomic mass is 32.2. The van der Waals surface area contributed by atoms with Crippen LogP contribution in [0.1, 0.15) is 0 Å². The molecule has 0 radical (unpaired) electrons. The number of hydrogen-bond acceptors (Lipinski definition) is 5. The molecule has 0 fully saturated rings. The SMILES string of the molecule is Nc1ccc(NCCOS(=O)[O-])cc1. The summed E-state index contributed by atoms with van der Waals surface area (Å²) in [7, 11) is 0. The summed E-state index contributed by atoms with van der Waals surface area (Å²) < 4.78 is 24.3. The standard InChI is InChI=1S/C8H12N2O3S/c9-7-1-3-8(4-2-7)10-5-6-13-14(11)12/h1-4,10H,5-6,9H2,(H,11,12)/p-1. The maximum absolute atomic E-state index is 9.99. The molecule has 0 aliphatic carbocycles. The van der Waals surface area contributed by atoms with E-state index in [1.807, 2.05) is 12.1 Å². The van der Waals surface area contributed by atoms with Gasteiger partial charge in [0.25, 0.3) is 0 Å². The van der Waals surface area contributed by atoms with Gasteiger partial charge in [-0.1, -0.05) is 0 Å². The van der Waals surface area contributed by atoms with Gasteiger partial charge < -0.3 is 15.6 Å². The van der Waals surface area contributed by atoms with Crippen LogP contribution >= 0.6 is 0 Å². The lowest BCUT2D eigenvalue weighted by Crippen LogP contribution is -2.10. The van der Waals surface area contributed by atoms with Crippen molar-refractivity contribution in [3.8, 4) is 0 Å². The molecule has 3 N–H and O–H groups in total. The van der Waals surface area contributed by atoms with E-state index in [1.54, 1.807) is 12.1 Å². The molecule has 1 aromatic rings. The van der Waals surface area contributed by atoms with Crippen LogP contribution in [0.15, 0.2) is 24.3 Å². The molecular weight excluding hydrogens is 204 g/mol. The molecule has 1 rings (SSSR count). The normalized spacial score (nSPS) is 12.4. The van der Waals surface area contributed by atoms with Crippen molar-refractivity contribution in [2.24, 2.45) is 0 Å². The minimum Gasteiger partial charge on any atom is -0.750 e. The van der Waals surface area contributed by atoms with E-state index in [-0.39, 0.29) is 6.61 Å². The van der Waals surface area contributed by atoms with Gasteiger partial charge in [-0.3, -0.25) is 4.18 Å². The van der Waals surface area contributed by atoms with E-state index >= 15 is 0 Å². The summed E-state index contributed by atoms with van der Waals surface area (Å²) in [6, 6.07) is 7.14. The summed E-state index contributed by atoms with van der Waals surface area (Å²) >= 11 is -2.44. The summed E-state index contributed by atoms with van der Waals surface area (Å²) in [5.74, 6) is 0. The molecule has 0 bridgehead atoms. The van der Waals surface area contributed by atoms with Gasteiger partial charge >= 0.3 is 0 Å². The van der Waals surface area contributed by atoms with Crippen molar-refractivity contribution in [1.82, 2.24) is 0 Å². The van der Waals surface area contributed by atoms with E-state index < -0.39 is 11.4 Å². The second kappa shape index (κ2) is 5.58. The Morgan fingerprint density at radius 2 is 2.07 bits per heavy atom.